The van der Waals surface area contributed by atoms with Gasteiger partial charge in [-0.15, -0.1) is 11.8 Å². The monoisotopic (exact) mass is 290 g/mol. The zero-order valence-electron chi connectivity index (χ0n) is 8.74. The molecule has 2 aromatic rings. The van der Waals surface area contributed by atoms with Gasteiger partial charge in [-0.3, -0.25) is 0 Å². The van der Waals surface area contributed by atoms with E-state index in [0.29, 0.717) is 0 Å². The Balaban J connectivity index is 2.08. The van der Waals surface area contributed by atoms with E-state index in [0.717, 1.165) is 12.2 Å². The van der Waals surface area contributed by atoms with Crippen LogP contribution in [0.4, 0.5) is 0 Å². The van der Waals surface area contributed by atoms with Gasteiger partial charge in [-0.05, 0) is 41.3 Å². The molecule has 0 saturated carbocycles. The number of halogens is 1. The van der Waals surface area contributed by atoms with E-state index < -0.39 is 0 Å². The first kappa shape index (κ1) is 10.4. The topological polar surface area (TPSA) is 0 Å². The van der Waals surface area contributed by atoms with Crippen LogP contribution in [0.2, 0.25) is 0 Å². The van der Waals surface area contributed by atoms with Crippen molar-refractivity contribution in [3.63, 3.8) is 0 Å². The molecular formula is C14H11BrS. The van der Waals surface area contributed by atoms with Crippen molar-refractivity contribution in [3.8, 4) is 0 Å². The van der Waals surface area contributed by atoms with Crippen LogP contribution in [-0.4, -0.2) is 0 Å². The van der Waals surface area contributed by atoms with E-state index in [4.69, 9.17) is 0 Å². The van der Waals surface area contributed by atoms with Crippen molar-refractivity contribution < 1.29 is 0 Å². The van der Waals surface area contributed by atoms with Crippen molar-refractivity contribution in [2.24, 2.45) is 0 Å². The molecule has 0 N–H and O–H groups in total. The van der Waals surface area contributed by atoms with Crippen molar-refractivity contribution >= 4 is 27.7 Å². The summed E-state index contributed by atoms with van der Waals surface area (Å²) in [5.74, 6) is 1.08. The van der Waals surface area contributed by atoms with Gasteiger partial charge in [0.1, 0.15) is 0 Å². The van der Waals surface area contributed by atoms with E-state index >= 15 is 0 Å². The first-order valence-corrected chi connectivity index (χ1v) is 7.09. The largest absolute Gasteiger partial charge is 0.121 e. The van der Waals surface area contributed by atoms with Crippen LogP contribution in [0.5, 0.6) is 0 Å². The molecule has 0 fully saturated rings. The number of fused-ring (bicyclic) bond motifs is 2. The second-order valence-corrected chi connectivity index (χ2v) is 5.92. The molecular weight excluding hydrogens is 280 g/mol. The van der Waals surface area contributed by atoms with Gasteiger partial charge in [0.25, 0.3) is 0 Å². The van der Waals surface area contributed by atoms with Gasteiger partial charge >= 0.3 is 0 Å². The zero-order chi connectivity index (χ0) is 11.0. The number of rotatable bonds is 0. The van der Waals surface area contributed by atoms with Crippen LogP contribution < -0.4 is 0 Å². The van der Waals surface area contributed by atoms with Crippen LogP contribution in [0.25, 0.3) is 0 Å². The van der Waals surface area contributed by atoms with Gasteiger partial charge < -0.3 is 0 Å². The van der Waals surface area contributed by atoms with E-state index in [2.05, 4.69) is 58.4 Å². The SMILES string of the molecule is Brc1ccc2c(c1)CSc1ccccc1C2. The van der Waals surface area contributed by atoms with Crippen molar-refractivity contribution in [3.05, 3.63) is 63.6 Å². The van der Waals surface area contributed by atoms with Crippen LogP contribution >= 0.6 is 27.7 Å². The second-order valence-electron chi connectivity index (χ2n) is 3.99. The highest BCUT2D eigenvalue weighted by molar-refractivity contribution is 9.10. The van der Waals surface area contributed by atoms with Gasteiger partial charge in [0.15, 0.2) is 0 Å². The Bertz CT molecular complexity index is 534. The molecule has 1 heterocycles. The number of hydrogen-bond donors (Lipinski definition) is 0. The van der Waals surface area contributed by atoms with E-state index in [1.807, 2.05) is 11.8 Å². The Labute approximate surface area is 108 Å². The summed E-state index contributed by atoms with van der Waals surface area (Å²) in [4.78, 5) is 1.43. The molecule has 3 rings (SSSR count). The summed E-state index contributed by atoms with van der Waals surface area (Å²) in [5.41, 5.74) is 4.37. The Hall–Kier alpha value is -0.730. The maximum absolute atomic E-state index is 3.54. The van der Waals surface area contributed by atoms with Crippen LogP contribution in [0, 0.1) is 0 Å². The minimum absolute atomic E-state index is 1.06. The standard InChI is InChI=1S/C14H11BrS/c15-13-6-5-10-7-11-3-1-2-4-14(11)16-9-12(10)8-13/h1-6,8H,7,9H2. The molecule has 0 spiro atoms. The van der Waals surface area contributed by atoms with Crippen LogP contribution in [0.15, 0.2) is 51.8 Å². The summed E-state index contributed by atoms with van der Waals surface area (Å²) in [5, 5.41) is 0. The fourth-order valence-corrected chi connectivity index (χ4v) is 3.54. The Morgan fingerprint density at radius 3 is 2.75 bits per heavy atom. The van der Waals surface area contributed by atoms with Gasteiger partial charge in [-0.1, -0.05) is 40.2 Å². The molecule has 0 radical (unpaired) electrons. The summed E-state index contributed by atoms with van der Waals surface area (Å²) in [6.45, 7) is 0. The van der Waals surface area contributed by atoms with Crippen molar-refractivity contribution in [2.75, 3.05) is 0 Å². The smallest absolute Gasteiger partial charge is 0.0235 e. The van der Waals surface area contributed by atoms with E-state index in [1.165, 1.54) is 26.1 Å². The highest BCUT2D eigenvalue weighted by Crippen LogP contribution is 2.34. The predicted molar refractivity (Wildman–Crippen MR) is 73.0 cm³/mol. The lowest BCUT2D eigenvalue weighted by atomic mass is 10.0. The molecule has 0 nitrogen and oxygen atoms in total. The number of thioether (sulfide) groups is 1. The highest BCUT2D eigenvalue weighted by atomic mass is 79.9. The average molecular weight is 291 g/mol. The molecule has 2 heteroatoms. The molecule has 0 bridgehead atoms. The molecule has 16 heavy (non-hydrogen) atoms. The lowest BCUT2D eigenvalue weighted by Gasteiger charge is -2.05. The third-order valence-corrected chi connectivity index (χ3v) is 4.56. The molecule has 80 valence electrons. The molecule has 0 atom stereocenters. The summed E-state index contributed by atoms with van der Waals surface area (Å²) >= 11 is 5.48. The van der Waals surface area contributed by atoms with Crippen LogP contribution in [0.3, 0.4) is 0 Å². The first-order valence-electron chi connectivity index (χ1n) is 5.31. The second kappa shape index (κ2) is 4.27. The molecule has 0 unspecified atom stereocenters. The fourth-order valence-electron chi connectivity index (χ4n) is 2.05. The average Bonchev–Trinajstić information content (AvgIpc) is 2.48. The Morgan fingerprint density at radius 1 is 0.938 bits per heavy atom. The van der Waals surface area contributed by atoms with E-state index in [9.17, 15) is 0 Å². The van der Waals surface area contributed by atoms with Gasteiger partial charge in [-0.2, -0.15) is 0 Å². The molecule has 1 aliphatic heterocycles. The van der Waals surface area contributed by atoms with E-state index in [1.54, 1.807) is 0 Å². The third-order valence-electron chi connectivity index (χ3n) is 2.90. The highest BCUT2D eigenvalue weighted by Gasteiger charge is 2.12. The summed E-state index contributed by atoms with van der Waals surface area (Å²) in [6, 6.07) is 15.3. The molecule has 0 aliphatic carbocycles. The number of hydrogen-bond acceptors (Lipinski definition) is 1. The van der Waals surface area contributed by atoms with E-state index in [-0.39, 0.29) is 0 Å². The quantitative estimate of drug-likeness (QED) is 0.681. The van der Waals surface area contributed by atoms with Crippen LogP contribution in [0.1, 0.15) is 16.7 Å². The number of benzene rings is 2. The van der Waals surface area contributed by atoms with Crippen molar-refractivity contribution in [1.29, 1.82) is 0 Å². The maximum atomic E-state index is 3.54. The normalized spacial score (nSPS) is 13.8. The predicted octanol–water partition coefficient (Wildman–Crippen LogP) is 4.65. The maximum Gasteiger partial charge on any atom is 0.0235 e. The minimum Gasteiger partial charge on any atom is -0.121 e. The lowest BCUT2D eigenvalue weighted by Crippen LogP contribution is -1.91. The molecule has 0 amide bonds. The van der Waals surface area contributed by atoms with Gasteiger partial charge in [0.2, 0.25) is 0 Å². The van der Waals surface area contributed by atoms with Crippen LogP contribution in [-0.2, 0) is 12.2 Å². The molecule has 1 aliphatic rings. The minimum atomic E-state index is 1.06. The zero-order valence-corrected chi connectivity index (χ0v) is 11.1. The fraction of sp³-hybridized carbons (Fsp3) is 0.143. The summed E-state index contributed by atoms with van der Waals surface area (Å²) in [6.07, 6.45) is 1.06. The van der Waals surface area contributed by atoms with Gasteiger partial charge in [0.05, 0.1) is 0 Å². The molecule has 2 aromatic carbocycles. The van der Waals surface area contributed by atoms with Gasteiger partial charge in [-0.25, -0.2) is 0 Å². The van der Waals surface area contributed by atoms with Gasteiger partial charge in [0, 0.05) is 15.1 Å². The Kier molecular flexibility index (Phi) is 2.78. The molecule has 0 saturated heterocycles. The third kappa shape index (κ3) is 1.92. The Morgan fingerprint density at radius 2 is 1.81 bits per heavy atom. The first-order chi connectivity index (χ1) is 7.83. The summed E-state index contributed by atoms with van der Waals surface area (Å²) in [7, 11) is 0. The molecule has 0 aromatic heterocycles. The summed E-state index contributed by atoms with van der Waals surface area (Å²) < 4.78 is 1.18. The van der Waals surface area contributed by atoms with Crippen molar-refractivity contribution in [1.82, 2.24) is 0 Å². The lowest BCUT2D eigenvalue weighted by molar-refractivity contribution is 1.12. The van der Waals surface area contributed by atoms with Crippen molar-refractivity contribution in [2.45, 2.75) is 17.1 Å².